The Morgan fingerprint density at radius 1 is 1.10 bits per heavy atom. The summed E-state index contributed by atoms with van der Waals surface area (Å²) in [6.07, 6.45) is 3.00. The first-order valence-corrected chi connectivity index (χ1v) is 9.96. The molecule has 1 saturated heterocycles. The summed E-state index contributed by atoms with van der Waals surface area (Å²) in [4.78, 5) is 18.6. The average Bonchev–Trinajstić information content (AvgIpc) is 3.15. The van der Waals surface area contributed by atoms with E-state index in [0.29, 0.717) is 13.1 Å². The van der Waals surface area contributed by atoms with E-state index in [1.165, 1.54) is 11.1 Å². The number of hydrogen-bond acceptors (Lipinski definition) is 5. The zero-order valence-electron chi connectivity index (χ0n) is 17.1. The smallest absolute Gasteiger partial charge is 0.550 e. The van der Waals surface area contributed by atoms with Crippen LogP contribution < -0.4 is 34.7 Å². The molecule has 0 saturated carbocycles. The maximum absolute atomic E-state index is 10.8. The van der Waals surface area contributed by atoms with Crippen molar-refractivity contribution in [3.05, 3.63) is 70.8 Å². The van der Waals surface area contributed by atoms with Crippen molar-refractivity contribution in [2.45, 2.75) is 38.8 Å². The molecule has 0 spiro atoms. The van der Waals surface area contributed by atoms with Gasteiger partial charge in [-0.25, -0.2) is 0 Å². The van der Waals surface area contributed by atoms with Gasteiger partial charge in [0.1, 0.15) is 0 Å². The first-order valence-electron chi connectivity index (χ1n) is 9.96. The van der Waals surface area contributed by atoms with Crippen LogP contribution in [-0.4, -0.2) is 29.7 Å². The second-order valence-electron chi connectivity index (χ2n) is 7.73. The number of hydrogen-bond donors (Lipinski definition) is 0. The van der Waals surface area contributed by atoms with Crippen molar-refractivity contribution in [3.63, 3.8) is 0 Å². The fourth-order valence-electron chi connectivity index (χ4n) is 3.82. The van der Waals surface area contributed by atoms with Crippen LogP contribution in [0.3, 0.4) is 0 Å². The van der Waals surface area contributed by atoms with Gasteiger partial charge < -0.3 is 14.7 Å². The number of aryl methyl sites for hydroxylation is 1. The Morgan fingerprint density at radius 3 is 2.38 bits per heavy atom. The Morgan fingerprint density at radius 2 is 1.76 bits per heavy atom. The first kappa shape index (κ1) is 22.0. The number of carbonyl (C=O) groups excluding carboxylic acids is 1. The van der Waals surface area contributed by atoms with Crippen molar-refractivity contribution in [1.29, 1.82) is 0 Å². The zero-order chi connectivity index (χ0) is 19.5. The third-order valence-electron chi connectivity index (χ3n) is 5.54. The van der Waals surface area contributed by atoms with Gasteiger partial charge in [0.25, 0.3) is 0 Å². The van der Waals surface area contributed by atoms with Gasteiger partial charge in [0.05, 0.1) is 5.71 Å². The van der Waals surface area contributed by atoms with E-state index in [9.17, 15) is 9.90 Å². The molecule has 0 aromatic heterocycles. The van der Waals surface area contributed by atoms with E-state index in [1.807, 2.05) is 0 Å². The summed E-state index contributed by atoms with van der Waals surface area (Å²) in [5.41, 5.74) is 5.73. The summed E-state index contributed by atoms with van der Waals surface area (Å²) in [5, 5.41) is 15.1. The molecule has 29 heavy (non-hydrogen) atoms. The molecule has 2 heterocycles. The van der Waals surface area contributed by atoms with Gasteiger partial charge in [-0.1, -0.05) is 67.0 Å². The largest absolute Gasteiger partial charge is 1.00 e. The molecule has 0 amide bonds. The second kappa shape index (κ2) is 9.90. The Kier molecular flexibility index (Phi) is 7.52. The summed E-state index contributed by atoms with van der Waals surface area (Å²) >= 11 is 0. The molecule has 4 rings (SSSR count). The van der Waals surface area contributed by atoms with Crippen molar-refractivity contribution < 1.29 is 44.3 Å². The van der Waals surface area contributed by atoms with Gasteiger partial charge in [0, 0.05) is 37.9 Å². The van der Waals surface area contributed by atoms with E-state index < -0.39 is 5.97 Å². The van der Waals surface area contributed by atoms with E-state index in [0.717, 1.165) is 42.6 Å². The molecular formula is C23H25N2NaO3. The Labute approximate surface area is 194 Å². The summed E-state index contributed by atoms with van der Waals surface area (Å²) in [6.45, 7) is 4.10. The standard InChI is InChI=1S/C23H26N2O3.Na/c1-2-3-16-4-10-19(11-5-16)22-12-21(24-28-22)18-8-6-17(7-9-18)13-25-14-20(15-25)23(26)27;/h4-11,20,22H,2-3,12-15H2,1H3,(H,26,27);/q;+1/p-1. The molecule has 2 aromatic rings. The van der Waals surface area contributed by atoms with Crippen LogP contribution in [0.4, 0.5) is 0 Å². The molecule has 2 aliphatic heterocycles. The van der Waals surface area contributed by atoms with Crippen LogP contribution in [0.25, 0.3) is 0 Å². The number of benzene rings is 2. The molecule has 5 nitrogen and oxygen atoms in total. The van der Waals surface area contributed by atoms with Gasteiger partial charge in [-0.3, -0.25) is 4.90 Å². The average molecular weight is 400 g/mol. The third-order valence-corrected chi connectivity index (χ3v) is 5.54. The maximum atomic E-state index is 10.8. The van der Waals surface area contributed by atoms with Crippen molar-refractivity contribution in [3.8, 4) is 0 Å². The Bertz CT molecular complexity index is 859. The number of carboxylic acids is 1. The van der Waals surface area contributed by atoms with E-state index in [4.69, 9.17) is 4.84 Å². The number of carboxylic acid groups (broad SMARTS) is 1. The molecule has 6 heteroatoms. The summed E-state index contributed by atoms with van der Waals surface area (Å²) < 4.78 is 0. The summed E-state index contributed by atoms with van der Waals surface area (Å²) in [5.74, 6) is -1.27. The van der Waals surface area contributed by atoms with E-state index in [2.05, 4.69) is 65.5 Å². The van der Waals surface area contributed by atoms with Crippen LogP contribution in [0.2, 0.25) is 0 Å². The van der Waals surface area contributed by atoms with E-state index in [-0.39, 0.29) is 41.6 Å². The predicted octanol–water partition coefficient (Wildman–Crippen LogP) is -0.309. The number of nitrogens with zero attached hydrogens (tertiary/aromatic N) is 2. The molecule has 1 unspecified atom stereocenters. The summed E-state index contributed by atoms with van der Waals surface area (Å²) in [7, 11) is 0. The minimum absolute atomic E-state index is 0. The molecule has 0 radical (unpaired) electrons. The zero-order valence-corrected chi connectivity index (χ0v) is 19.1. The van der Waals surface area contributed by atoms with Crippen molar-refractivity contribution in [2.75, 3.05) is 13.1 Å². The molecule has 1 atom stereocenters. The van der Waals surface area contributed by atoms with Crippen LogP contribution in [0, 0.1) is 5.92 Å². The molecule has 146 valence electrons. The minimum atomic E-state index is -0.944. The molecule has 0 aliphatic carbocycles. The van der Waals surface area contributed by atoms with Crippen LogP contribution in [0.1, 0.15) is 48.1 Å². The number of likely N-dealkylation sites (tertiary alicyclic amines) is 1. The van der Waals surface area contributed by atoms with Crippen molar-refractivity contribution >= 4 is 11.7 Å². The normalized spacial score (nSPS) is 19.1. The van der Waals surface area contributed by atoms with Crippen molar-refractivity contribution in [1.82, 2.24) is 4.90 Å². The van der Waals surface area contributed by atoms with Gasteiger partial charge >= 0.3 is 29.6 Å². The number of carbonyl (C=O) groups is 1. The molecule has 2 aromatic carbocycles. The molecular weight excluding hydrogens is 375 g/mol. The SMILES string of the molecule is CCCc1ccc(C2CC(c3ccc(CN4CC(C(=O)[O-])C4)cc3)=NO2)cc1.[Na+]. The van der Waals surface area contributed by atoms with E-state index >= 15 is 0 Å². The topological polar surface area (TPSA) is 65.0 Å². The molecule has 1 fully saturated rings. The van der Waals surface area contributed by atoms with E-state index in [1.54, 1.807) is 0 Å². The third kappa shape index (κ3) is 5.28. The van der Waals surface area contributed by atoms with Crippen molar-refractivity contribution in [2.24, 2.45) is 11.1 Å². The first-order chi connectivity index (χ1) is 13.6. The van der Waals surface area contributed by atoms with Crippen LogP contribution in [0.5, 0.6) is 0 Å². The quantitative estimate of drug-likeness (QED) is 0.599. The second-order valence-corrected chi connectivity index (χ2v) is 7.73. The van der Waals surface area contributed by atoms with Gasteiger partial charge in [-0.15, -0.1) is 0 Å². The predicted molar refractivity (Wildman–Crippen MR) is 106 cm³/mol. The number of oxime groups is 1. The Hall–Kier alpha value is -1.66. The van der Waals surface area contributed by atoms with Gasteiger partial charge in [-0.2, -0.15) is 0 Å². The minimum Gasteiger partial charge on any atom is -0.550 e. The Balaban J connectivity index is 0.00000240. The monoisotopic (exact) mass is 400 g/mol. The van der Waals surface area contributed by atoms with Gasteiger partial charge in [0.15, 0.2) is 6.10 Å². The molecule has 0 N–H and O–H groups in total. The van der Waals surface area contributed by atoms with Crippen LogP contribution in [-0.2, 0) is 22.6 Å². The number of rotatable bonds is 7. The van der Waals surface area contributed by atoms with Gasteiger partial charge in [0.2, 0.25) is 0 Å². The van der Waals surface area contributed by atoms with Crippen LogP contribution >= 0.6 is 0 Å². The summed E-state index contributed by atoms with van der Waals surface area (Å²) in [6, 6.07) is 16.9. The fraction of sp³-hybridized carbons (Fsp3) is 0.391. The maximum Gasteiger partial charge on any atom is 1.00 e. The molecule has 2 aliphatic rings. The van der Waals surface area contributed by atoms with Gasteiger partial charge in [-0.05, 0) is 28.7 Å². The number of aliphatic carboxylic acids is 1. The fourth-order valence-corrected chi connectivity index (χ4v) is 3.82. The molecule has 0 bridgehead atoms. The van der Waals surface area contributed by atoms with Crippen LogP contribution in [0.15, 0.2) is 53.7 Å².